The number of aryl methyl sites for hydroxylation is 1. The van der Waals surface area contributed by atoms with Crippen molar-refractivity contribution in [1.29, 1.82) is 0 Å². The van der Waals surface area contributed by atoms with Gasteiger partial charge in [0.05, 0.1) is 0 Å². The van der Waals surface area contributed by atoms with Crippen LogP contribution in [0.1, 0.15) is 18.1 Å². The Bertz CT molecular complexity index is 314. The third-order valence-electron chi connectivity index (χ3n) is 1.71. The van der Waals surface area contributed by atoms with Crippen molar-refractivity contribution in [3.05, 3.63) is 40.4 Å². The van der Waals surface area contributed by atoms with Crippen LogP contribution in [0.15, 0.2) is 24.3 Å². The summed E-state index contributed by atoms with van der Waals surface area (Å²) in [5.41, 5.74) is 2.15. The lowest BCUT2D eigenvalue weighted by molar-refractivity contribution is 1.43. The Morgan fingerprint density at radius 1 is 1.42 bits per heavy atom. The molecule has 0 saturated carbocycles. The maximum Gasteiger partial charge on any atom is 0.0438 e. The Kier molecular flexibility index (Phi) is 3.19. The van der Waals surface area contributed by atoms with E-state index in [1.165, 1.54) is 0 Å². The predicted molar refractivity (Wildman–Crippen MR) is 55.7 cm³/mol. The smallest absolute Gasteiger partial charge is 0.0438 e. The Labute approximate surface area is 82.8 Å². The van der Waals surface area contributed by atoms with E-state index in [0.29, 0.717) is 0 Å². The molecule has 0 aliphatic heterocycles. The highest BCUT2D eigenvalue weighted by Crippen LogP contribution is 2.25. The molecule has 1 rings (SSSR count). The maximum absolute atomic E-state index is 5.97. The van der Waals surface area contributed by atoms with Gasteiger partial charge in [-0.3, -0.25) is 0 Å². The van der Waals surface area contributed by atoms with Crippen LogP contribution in [0.2, 0.25) is 5.02 Å². The van der Waals surface area contributed by atoms with Gasteiger partial charge in [0.1, 0.15) is 0 Å². The van der Waals surface area contributed by atoms with E-state index in [1.54, 1.807) is 0 Å². The molecule has 0 unspecified atom stereocenters. The zero-order valence-corrected chi connectivity index (χ0v) is 8.58. The van der Waals surface area contributed by atoms with Gasteiger partial charge in [0, 0.05) is 10.1 Å². The highest BCUT2D eigenvalue weighted by Gasteiger charge is 2.01. The summed E-state index contributed by atoms with van der Waals surface area (Å²) in [7, 11) is 0. The summed E-state index contributed by atoms with van der Waals surface area (Å²) in [6.07, 6.45) is 1.86. The van der Waals surface area contributed by atoms with Crippen LogP contribution in [0.25, 0.3) is 5.03 Å². The molecule has 0 nitrogen and oxygen atoms in total. The van der Waals surface area contributed by atoms with Gasteiger partial charge in [-0.1, -0.05) is 35.3 Å². The average molecular weight is 201 g/mol. The molecular weight excluding hydrogens is 191 g/mol. The van der Waals surface area contributed by atoms with E-state index in [0.717, 1.165) is 21.2 Å². The summed E-state index contributed by atoms with van der Waals surface area (Å²) in [5.74, 6) is 0. The Morgan fingerprint density at radius 2 is 2.08 bits per heavy atom. The number of hydrogen-bond acceptors (Lipinski definition) is 0. The van der Waals surface area contributed by atoms with Crippen molar-refractivity contribution in [2.24, 2.45) is 0 Å². The quantitative estimate of drug-likeness (QED) is 0.637. The van der Waals surface area contributed by atoms with Gasteiger partial charge in [-0.25, -0.2) is 0 Å². The lowest BCUT2D eigenvalue weighted by atomic mass is 10.1. The van der Waals surface area contributed by atoms with E-state index < -0.39 is 0 Å². The van der Waals surface area contributed by atoms with Crippen LogP contribution >= 0.6 is 23.2 Å². The summed E-state index contributed by atoms with van der Waals surface area (Å²) in [6.45, 7) is 3.92. The fourth-order valence-corrected chi connectivity index (χ4v) is 1.38. The maximum atomic E-state index is 5.97. The molecule has 2 heteroatoms. The molecule has 0 amide bonds. The molecule has 1 aromatic carbocycles. The van der Waals surface area contributed by atoms with Gasteiger partial charge in [-0.2, -0.15) is 0 Å². The third-order valence-corrected chi connectivity index (χ3v) is 2.37. The number of halogens is 2. The monoisotopic (exact) mass is 200 g/mol. The van der Waals surface area contributed by atoms with Gasteiger partial charge in [-0.15, -0.1) is 0 Å². The number of benzene rings is 1. The van der Waals surface area contributed by atoms with Crippen LogP contribution in [0.5, 0.6) is 0 Å². The molecule has 12 heavy (non-hydrogen) atoms. The van der Waals surface area contributed by atoms with Gasteiger partial charge in [0.2, 0.25) is 0 Å². The molecule has 0 aromatic heterocycles. The van der Waals surface area contributed by atoms with Crippen molar-refractivity contribution in [1.82, 2.24) is 0 Å². The zero-order valence-electron chi connectivity index (χ0n) is 7.07. The molecule has 0 radical (unpaired) electrons. The summed E-state index contributed by atoms with van der Waals surface area (Å²) < 4.78 is 0. The molecule has 0 aliphatic carbocycles. The summed E-state index contributed by atoms with van der Waals surface area (Å²) in [4.78, 5) is 0. The summed E-state index contributed by atoms with van der Waals surface area (Å²) in [5, 5.41) is 1.46. The molecule has 0 atom stereocenters. The topological polar surface area (TPSA) is 0 Å². The van der Waals surface area contributed by atoms with Crippen LogP contribution in [0.4, 0.5) is 0 Å². The Morgan fingerprint density at radius 3 is 2.67 bits per heavy atom. The zero-order chi connectivity index (χ0) is 9.14. The van der Waals surface area contributed by atoms with Crippen LogP contribution in [-0.4, -0.2) is 0 Å². The fraction of sp³-hybridized carbons (Fsp3) is 0.200. The molecule has 0 fully saturated rings. The second-order valence-corrected chi connectivity index (χ2v) is 3.44. The fourth-order valence-electron chi connectivity index (χ4n) is 1.01. The van der Waals surface area contributed by atoms with E-state index in [1.807, 2.05) is 38.1 Å². The van der Waals surface area contributed by atoms with E-state index in [-0.39, 0.29) is 0 Å². The molecule has 0 heterocycles. The lowest BCUT2D eigenvalue weighted by Crippen LogP contribution is -1.82. The average Bonchev–Trinajstić information content (AvgIpc) is 2.08. The van der Waals surface area contributed by atoms with E-state index in [9.17, 15) is 0 Å². The van der Waals surface area contributed by atoms with Gasteiger partial charge in [-0.05, 0) is 37.1 Å². The molecule has 1 aromatic rings. The second-order valence-electron chi connectivity index (χ2n) is 2.60. The van der Waals surface area contributed by atoms with Crippen LogP contribution in [0, 0.1) is 6.92 Å². The van der Waals surface area contributed by atoms with Crippen molar-refractivity contribution in [2.45, 2.75) is 13.8 Å². The minimum absolute atomic E-state index is 0.718. The van der Waals surface area contributed by atoms with Crippen LogP contribution < -0.4 is 0 Å². The van der Waals surface area contributed by atoms with Gasteiger partial charge in [0.25, 0.3) is 0 Å². The van der Waals surface area contributed by atoms with Gasteiger partial charge in [0.15, 0.2) is 0 Å². The molecule has 0 bridgehead atoms. The van der Waals surface area contributed by atoms with Crippen molar-refractivity contribution in [2.75, 3.05) is 0 Å². The molecule has 0 N–H and O–H groups in total. The first-order valence-electron chi connectivity index (χ1n) is 3.73. The van der Waals surface area contributed by atoms with E-state index >= 15 is 0 Å². The molecule has 0 spiro atoms. The SMILES string of the molecule is C/C=C(/Cl)c1cc(Cl)ccc1C. The van der Waals surface area contributed by atoms with Crippen molar-refractivity contribution in [3.8, 4) is 0 Å². The van der Waals surface area contributed by atoms with Crippen molar-refractivity contribution in [3.63, 3.8) is 0 Å². The molecule has 64 valence electrons. The van der Waals surface area contributed by atoms with E-state index in [2.05, 4.69) is 0 Å². The first-order chi connectivity index (χ1) is 5.65. The van der Waals surface area contributed by atoms with Gasteiger partial charge < -0.3 is 0 Å². The van der Waals surface area contributed by atoms with Crippen molar-refractivity contribution >= 4 is 28.2 Å². The second kappa shape index (κ2) is 3.97. The minimum Gasteiger partial charge on any atom is -0.0843 e. The standard InChI is InChI=1S/C10H10Cl2/c1-3-10(12)9-6-8(11)5-4-7(9)2/h3-6H,1-2H3/b10-3+. The summed E-state index contributed by atoms with van der Waals surface area (Å²) in [6, 6.07) is 5.70. The molecular formula is C10H10Cl2. The third kappa shape index (κ3) is 2.02. The largest absolute Gasteiger partial charge is 0.0843 e. The van der Waals surface area contributed by atoms with Crippen LogP contribution in [0.3, 0.4) is 0 Å². The van der Waals surface area contributed by atoms with Gasteiger partial charge >= 0.3 is 0 Å². The minimum atomic E-state index is 0.718. The molecule has 0 aliphatic rings. The Hall–Kier alpha value is -0.460. The predicted octanol–water partition coefficient (Wildman–Crippen LogP) is 4.25. The number of rotatable bonds is 1. The van der Waals surface area contributed by atoms with Crippen LogP contribution in [-0.2, 0) is 0 Å². The van der Waals surface area contributed by atoms with Crippen molar-refractivity contribution < 1.29 is 0 Å². The normalized spacial score (nSPS) is 11.8. The first kappa shape index (κ1) is 9.63. The lowest BCUT2D eigenvalue weighted by Gasteiger charge is -2.03. The first-order valence-corrected chi connectivity index (χ1v) is 4.49. The molecule has 0 saturated heterocycles. The highest BCUT2D eigenvalue weighted by atomic mass is 35.5. The Balaban J connectivity index is 3.23. The number of allylic oxidation sites excluding steroid dienone is 1. The highest BCUT2D eigenvalue weighted by molar-refractivity contribution is 6.49. The van der Waals surface area contributed by atoms with E-state index in [4.69, 9.17) is 23.2 Å². The number of hydrogen-bond donors (Lipinski definition) is 0. The summed E-state index contributed by atoms with van der Waals surface area (Å²) >= 11 is 11.8.